The molecule has 0 saturated heterocycles. The molecule has 4 rings (SSSR count). The zero-order valence-electron chi connectivity index (χ0n) is 14.2. The first-order chi connectivity index (χ1) is 11.6. The minimum absolute atomic E-state index is 0.0995. The molecule has 1 aromatic heterocycles. The van der Waals surface area contributed by atoms with Crippen molar-refractivity contribution >= 4 is 17.5 Å². The molecule has 0 aliphatic heterocycles. The molecule has 2 saturated carbocycles. The maximum absolute atomic E-state index is 13.2. The third-order valence-electron chi connectivity index (χ3n) is 6.42. The SMILES string of the molecule is Nc1nc2c([nH]1)C(CC1CCCC1)C(=O)C(CC1CCCC1)C2=O. The molecule has 1 aromatic rings. The van der Waals surface area contributed by atoms with Crippen LogP contribution in [0.15, 0.2) is 0 Å². The highest BCUT2D eigenvalue weighted by Gasteiger charge is 2.45. The van der Waals surface area contributed by atoms with Crippen LogP contribution in [-0.2, 0) is 4.79 Å². The van der Waals surface area contributed by atoms with Gasteiger partial charge in [0.15, 0.2) is 17.5 Å². The average Bonchev–Trinajstić information content (AvgIpc) is 3.29. The van der Waals surface area contributed by atoms with Crippen molar-refractivity contribution in [3.63, 3.8) is 0 Å². The second-order valence-corrected chi connectivity index (χ2v) is 8.03. The minimum Gasteiger partial charge on any atom is -0.369 e. The van der Waals surface area contributed by atoms with Gasteiger partial charge in [-0.3, -0.25) is 9.59 Å². The Hall–Kier alpha value is -1.65. The lowest BCUT2D eigenvalue weighted by Crippen LogP contribution is -2.37. The quantitative estimate of drug-likeness (QED) is 0.826. The Bertz CT molecular complexity index is 639. The van der Waals surface area contributed by atoms with E-state index in [0.717, 1.165) is 19.3 Å². The van der Waals surface area contributed by atoms with Crippen molar-refractivity contribution in [3.05, 3.63) is 11.4 Å². The topological polar surface area (TPSA) is 88.8 Å². The van der Waals surface area contributed by atoms with Gasteiger partial charge in [0.2, 0.25) is 0 Å². The normalized spacial score (nSPS) is 28.7. The maximum Gasteiger partial charge on any atom is 0.198 e. The number of nitrogens with one attached hydrogen (secondary N) is 1. The number of nitrogens with zero attached hydrogens (tertiary/aromatic N) is 1. The summed E-state index contributed by atoms with van der Waals surface area (Å²) in [6.07, 6.45) is 11.2. The second-order valence-electron chi connectivity index (χ2n) is 8.03. The van der Waals surface area contributed by atoms with Gasteiger partial charge >= 0.3 is 0 Å². The highest BCUT2D eigenvalue weighted by atomic mass is 16.2. The zero-order chi connectivity index (χ0) is 16.7. The van der Waals surface area contributed by atoms with Gasteiger partial charge in [-0.05, 0) is 24.7 Å². The molecule has 2 fully saturated rings. The van der Waals surface area contributed by atoms with Crippen molar-refractivity contribution in [1.82, 2.24) is 9.97 Å². The number of nitrogens with two attached hydrogens (primary N) is 1. The van der Waals surface area contributed by atoms with Crippen LogP contribution in [0.3, 0.4) is 0 Å². The lowest BCUT2D eigenvalue weighted by atomic mass is 9.73. The Morgan fingerprint density at radius 3 is 2.04 bits per heavy atom. The molecule has 0 amide bonds. The Balaban J connectivity index is 1.62. The Kier molecular flexibility index (Phi) is 4.19. The van der Waals surface area contributed by atoms with Crippen LogP contribution in [0, 0.1) is 17.8 Å². The molecule has 24 heavy (non-hydrogen) atoms. The van der Waals surface area contributed by atoms with Crippen molar-refractivity contribution in [2.45, 2.75) is 70.1 Å². The number of H-pyrrole nitrogens is 1. The van der Waals surface area contributed by atoms with Gasteiger partial charge in [0.05, 0.1) is 17.5 Å². The van der Waals surface area contributed by atoms with Crippen LogP contribution in [-0.4, -0.2) is 21.5 Å². The van der Waals surface area contributed by atoms with Gasteiger partial charge in [0.25, 0.3) is 0 Å². The van der Waals surface area contributed by atoms with Gasteiger partial charge in [0, 0.05) is 0 Å². The number of fused-ring (bicyclic) bond motifs is 1. The van der Waals surface area contributed by atoms with Crippen LogP contribution >= 0.6 is 0 Å². The van der Waals surface area contributed by atoms with Crippen LogP contribution in [0.5, 0.6) is 0 Å². The molecular weight excluding hydrogens is 302 g/mol. The third-order valence-corrected chi connectivity index (χ3v) is 6.42. The number of Topliss-reactive ketones (excluding diaryl/α,β-unsaturated/α-hetero) is 2. The number of aromatic nitrogens is 2. The Morgan fingerprint density at radius 2 is 1.46 bits per heavy atom. The number of ketones is 2. The molecule has 0 aromatic carbocycles. The van der Waals surface area contributed by atoms with Crippen LogP contribution in [0.4, 0.5) is 5.95 Å². The summed E-state index contributed by atoms with van der Waals surface area (Å²) >= 11 is 0. The Labute approximate surface area is 142 Å². The fraction of sp³-hybridized carbons (Fsp3) is 0.737. The first kappa shape index (κ1) is 15.9. The largest absolute Gasteiger partial charge is 0.369 e. The van der Waals surface area contributed by atoms with Crippen LogP contribution < -0.4 is 5.73 Å². The molecule has 3 N–H and O–H groups in total. The second kappa shape index (κ2) is 6.34. The lowest BCUT2D eigenvalue weighted by Gasteiger charge is -2.29. The Morgan fingerprint density at radius 1 is 0.917 bits per heavy atom. The van der Waals surface area contributed by atoms with E-state index in [9.17, 15) is 9.59 Å². The highest BCUT2D eigenvalue weighted by Crippen LogP contribution is 2.42. The summed E-state index contributed by atoms with van der Waals surface area (Å²) in [5, 5.41) is 0. The van der Waals surface area contributed by atoms with Crippen molar-refractivity contribution in [2.75, 3.05) is 5.73 Å². The zero-order valence-corrected chi connectivity index (χ0v) is 14.2. The lowest BCUT2D eigenvalue weighted by molar-refractivity contribution is -0.124. The first-order valence-corrected chi connectivity index (χ1v) is 9.56. The third kappa shape index (κ3) is 2.78. The summed E-state index contributed by atoms with van der Waals surface area (Å²) in [6.45, 7) is 0. The minimum atomic E-state index is -0.491. The van der Waals surface area contributed by atoms with E-state index in [1.165, 1.54) is 38.5 Å². The molecule has 5 nitrogen and oxygen atoms in total. The van der Waals surface area contributed by atoms with Crippen LogP contribution in [0.25, 0.3) is 0 Å². The summed E-state index contributed by atoms with van der Waals surface area (Å²) in [5.41, 5.74) is 6.95. The molecule has 3 aliphatic rings. The summed E-state index contributed by atoms with van der Waals surface area (Å²) in [6, 6.07) is 0. The van der Waals surface area contributed by atoms with Gasteiger partial charge < -0.3 is 10.7 Å². The highest BCUT2D eigenvalue weighted by molar-refractivity contribution is 6.15. The molecule has 0 spiro atoms. The number of rotatable bonds is 4. The van der Waals surface area contributed by atoms with Gasteiger partial charge in [0.1, 0.15) is 5.69 Å². The molecule has 0 radical (unpaired) electrons. The van der Waals surface area contributed by atoms with Gasteiger partial charge in [-0.15, -0.1) is 0 Å². The number of nitrogen functional groups attached to an aromatic ring is 1. The molecular formula is C19H27N3O2. The van der Waals surface area contributed by atoms with E-state index in [1.54, 1.807) is 0 Å². The van der Waals surface area contributed by atoms with E-state index in [2.05, 4.69) is 9.97 Å². The number of carbonyl (C=O) groups is 2. The predicted octanol–water partition coefficient (Wildman–Crippen LogP) is 3.62. The number of imidazole rings is 1. The number of hydrogen-bond acceptors (Lipinski definition) is 4. The van der Waals surface area contributed by atoms with E-state index >= 15 is 0 Å². The monoisotopic (exact) mass is 329 g/mol. The van der Waals surface area contributed by atoms with Crippen molar-refractivity contribution in [2.24, 2.45) is 17.8 Å². The van der Waals surface area contributed by atoms with Crippen LogP contribution in [0.1, 0.15) is 86.3 Å². The molecule has 130 valence electrons. The standard InChI is InChI=1S/C19H27N3O2/c20-19-21-15-13(9-11-5-1-2-6-11)17(23)14(18(24)16(15)22-19)10-12-7-3-4-8-12/h11-14H,1-10H2,(H3,20,21,22). The number of anilines is 1. The molecule has 0 bridgehead atoms. The van der Waals surface area contributed by atoms with E-state index in [4.69, 9.17) is 5.73 Å². The number of aromatic amines is 1. The van der Waals surface area contributed by atoms with Gasteiger partial charge in [-0.2, -0.15) is 0 Å². The molecule has 3 aliphatic carbocycles. The summed E-state index contributed by atoms with van der Waals surface area (Å²) in [4.78, 5) is 33.3. The smallest absolute Gasteiger partial charge is 0.198 e. The number of hydrogen-bond donors (Lipinski definition) is 2. The van der Waals surface area contributed by atoms with Gasteiger partial charge in [-0.25, -0.2) is 4.98 Å². The van der Waals surface area contributed by atoms with E-state index in [1.807, 2.05) is 0 Å². The molecule has 5 heteroatoms. The molecule has 1 heterocycles. The molecule has 2 atom stereocenters. The fourth-order valence-electron chi connectivity index (χ4n) is 5.14. The molecule has 2 unspecified atom stereocenters. The fourth-order valence-corrected chi connectivity index (χ4v) is 5.14. The van der Waals surface area contributed by atoms with E-state index < -0.39 is 5.92 Å². The number of carbonyl (C=O) groups excluding carboxylic acids is 2. The van der Waals surface area contributed by atoms with Crippen molar-refractivity contribution in [3.8, 4) is 0 Å². The van der Waals surface area contributed by atoms with E-state index in [0.29, 0.717) is 29.6 Å². The van der Waals surface area contributed by atoms with E-state index in [-0.39, 0.29) is 23.4 Å². The average molecular weight is 329 g/mol. The summed E-state index contributed by atoms with van der Waals surface area (Å²) < 4.78 is 0. The predicted molar refractivity (Wildman–Crippen MR) is 91.7 cm³/mol. The van der Waals surface area contributed by atoms with Crippen molar-refractivity contribution < 1.29 is 9.59 Å². The summed E-state index contributed by atoms with van der Waals surface area (Å²) in [5.74, 6) is 0.697. The van der Waals surface area contributed by atoms with Crippen molar-refractivity contribution in [1.29, 1.82) is 0 Å². The summed E-state index contributed by atoms with van der Waals surface area (Å²) in [7, 11) is 0. The van der Waals surface area contributed by atoms with Crippen LogP contribution in [0.2, 0.25) is 0 Å². The first-order valence-electron chi connectivity index (χ1n) is 9.56. The van der Waals surface area contributed by atoms with Gasteiger partial charge in [-0.1, -0.05) is 51.4 Å². The maximum atomic E-state index is 13.2.